The van der Waals surface area contributed by atoms with Gasteiger partial charge in [0, 0.05) is 12.5 Å². The van der Waals surface area contributed by atoms with Crippen LogP contribution < -0.4 is 0 Å². The molecule has 0 aliphatic carbocycles. The standard InChI is InChI=1S/C10H14O2/c1-2-3-4-6-9-7-5-8-10(11)12-9/h4-6,8-9H,2-3,7H2,1H3/b6-4-. The highest BCUT2D eigenvalue weighted by atomic mass is 16.5. The lowest BCUT2D eigenvalue weighted by atomic mass is 10.1. The third kappa shape index (κ3) is 2.91. The second kappa shape index (κ2) is 4.75. The molecule has 1 atom stereocenters. The molecule has 0 saturated heterocycles. The Bertz CT molecular complexity index is 204. The van der Waals surface area contributed by atoms with E-state index in [1.165, 1.54) is 6.08 Å². The predicted octanol–water partition coefficient (Wildman–Crippen LogP) is 2.21. The minimum absolute atomic E-state index is 0.0333. The van der Waals surface area contributed by atoms with Crippen LogP contribution in [-0.2, 0) is 9.53 Å². The van der Waals surface area contributed by atoms with Crippen LogP contribution >= 0.6 is 0 Å². The lowest BCUT2D eigenvalue weighted by Crippen LogP contribution is -2.17. The van der Waals surface area contributed by atoms with Crippen molar-refractivity contribution >= 4 is 5.97 Å². The van der Waals surface area contributed by atoms with Crippen molar-refractivity contribution in [2.45, 2.75) is 32.3 Å². The summed E-state index contributed by atoms with van der Waals surface area (Å²) in [5, 5.41) is 0. The van der Waals surface area contributed by atoms with Crippen molar-refractivity contribution < 1.29 is 9.53 Å². The average molecular weight is 166 g/mol. The molecule has 2 heteroatoms. The van der Waals surface area contributed by atoms with Gasteiger partial charge in [-0.3, -0.25) is 0 Å². The van der Waals surface area contributed by atoms with Crippen LogP contribution in [0.3, 0.4) is 0 Å². The molecule has 2 nitrogen and oxygen atoms in total. The normalized spacial score (nSPS) is 23.1. The summed E-state index contributed by atoms with van der Waals surface area (Å²) < 4.78 is 5.02. The Kier molecular flexibility index (Phi) is 3.58. The second-order valence-electron chi connectivity index (χ2n) is 2.83. The number of unbranched alkanes of at least 4 members (excludes halogenated alkanes) is 1. The molecule has 1 unspecified atom stereocenters. The van der Waals surface area contributed by atoms with E-state index in [-0.39, 0.29) is 12.1 Å². The number of esters is 1. The third-order valence-corrected chi connectivity index (χ3v) is 1.70. The topological polar surface area (TPSA) is 26.3 Å². The molecule has 1 rings (SSSR count). The number of hydrogen-bond donors (Lipinski definition) is 0. The zero-order chi connectivity index (χ0) is 8.81. The highest BCUT2D eigenvalue weighted by Gasteiger charge is 2.11. The van der Waals surface area contributed by atoms with Gasteiger partial charge in [0.15, 0.2) is 0 Å². The Morgan fingerprint density at radius 3 is 3.25 bits per heavy atom. The Labute approximate surface area is 72.9 Å². The summed E-state index contributed by atoms with van der Waals surface area (Å²) in [6.07, 6.45) is 10.3. The lowest BCUT2D eigenvalue weighted by Gasteiger charge is -2.14. The van der Waals surface area contributed by atoms with Crippen LogP contribution in [-0.4, -0.2) is 12.1 Å². The summed E-state index contributed by atoms with van der Waals surface area (Å²) in [7, 11) is 0. The molecule has 0 amide bonds. The Morgan fingerprint density at radius 2 is 2.58 bits per heavy atom. The van der Waals surface area contributed by atoms with Crippen molar-refractivity contribution in [2.75, 3.05) is 0 Å². The van der Waals surface area contributed by atoms with Gasteiger partial charge in [-0.15, -0.1) is 0 Å². The highest BCUT2D eigenvalue weighted by molar-refractivity contribution is 5.82. The van der Waals surface area contributed by atoms with Crippen LogP contribution in [0.15, 0.2) is 24.3 Å². The Balaban J connectivity index is 2.34. The average Bonchev–Trinajstić information content (AvgIpc) is 2.05. The number of rotatable bonds is 3. The molecule has 0 radical (unpaired) electrons. The summed E-state index contributed by atoms with van der Waals surface area (Å²) in [5.41, 5.74) is 0. The second-order valence-corrected chi connectivity index (χ2v) is 2.83. The molecule has 12 heavy (non-hydrogen) atoms. The number of ether oxygens (including phenoxy) is 1. The summed E-state index contributed by atoms with van der Waals surface area (Å²) >= 11 is 0. The summed E-state index contributed by atoms with van der Waals surface area (Å²) in [5.74, 6) is -0.229. The molecule has 1 aliphatic heterocycles. The number of allylic oxidation sites excluding steroid dienone is 1. The van der Waals surface area contributed by atoms with Crippen LogP contribution in [0, 0.1) is 0 Å². The molecule has 0 saturated carbocycles. The fourth-order valence-electron chi connectivity index (χ4n) is 1.07. The van der Waals surface area contributed by atoms with Gasteiger partial charge in [-0.1, -0.05) is 25.5 Å². The SMILES string of the molecule is CCC/C=C\C1CC=CC(=O)O1. The molecule has 0 aromatic heterocycles. The zero-order valence-electron chi connectivity index (χ0n) is 7.32. The molecule has 1 heterocycles. The van der Waals surface area contributed by atoms with Gasteiger partial charge >= 0.3 is 5.97 Å². The maximum Gasteiger partial charge on any atom is 0.331 e. The fourth-order valence-corrected chi connectivity index (χ4v) is 1.07. The van der Waals surface area contributed by atoms with E-state index in [1.807, 2.05) is 12.2 Å². The monoisotopic (exact) mass is 166 g/mol. The first-order valence-corrected chi connectivity index (χ1v) is 4.36. The van der Waals surface area contributed by atoms with Crippen molar-refractivity contribution in [1.82, 2.24) is 0 Å². The van der Waals surface area contributed by atoms with Crippen LogP contribution in [0.1, 0.15) is 26.2 Å². The van der Waals surface area contributed by atoms with E-state index in [1.54, 1.807) is 0 Å². The fraction of sp³-hybridized carbons (Fsp3) is 0.500. The smallest absolute Gasteiger partial charge is 0.331 e. The number of cyclic esters (lactones) is 1. The van der Waals surface area contributed by atoms with Crippen LogP contribution in [0.2, 0.25) is 0 Å². The third-order valence-electron chi connectivity index (χ3n) is 1.70. The first-order valence-electron chi connectivity index (χ1n) is 4.36. The lowest BCUT2D eigenvalue weighted by molar-refractivity contribution is -0.141. The van der Waals surface area contributed by atoms with Crippen molar-refractivity contribution in [2.24, 2.45) is 0 Å². The van der Waals surface area contributed by atoms with E-state index in [2.05, 4.69) is 13.0 Å². The molecule has 1 aliphatic rings. The molecule has 0 aromatic rings. The van der Waals surface area contributed by atoms with Crippen molar-refractivity contribution in [3.8, 4) is 0 Å². The Hall–Kier alpha value is -1.05. The van der Waals surface area contributed by atoms with E-state index in [0.29, 0.717) is 0 Å². The first-order chi connectivity index (χ1) is 5.83. The van der Waals surface area contributed by atoms with Gasteiger partial charge in [0.1, 0.15) is 6.10 Å². The molecule has 0 bridgehead atoms. The first kappa shape index (κ1) is 9.04. The van der Waals surface area contributed by atoms with Crippen molar-refractivity contribution in [1.29, 1.82) is 0 Å². The molecule has 0 spiro atoms. The molecule has 66 valence electrons. The maximum atomic E-state index is 10.8. The molecular weight excluding hydrogens is 152 g/mol. The summed E-state index contributed by atoms with van der Waals surface area (Å²) in [4.78, 5) is 10.8. The Morgan fingerprint density at radius 1 is 1.75 bits per heavy atom. The van der Waals surface area contributed by atoms with Gasteiger partial charge in [0.2, 0.25) is 0 Å². The minimum Gasteiger partial charge on any atom is -0.455 e. The van der Waals surface area contributed by atoms with Crippen LogP contribution in [0.25, 0.3) is 0 Å². The van der Waals surface area contributed by atoms with Crippen LogP contribution in [0.5, 0.6) is 0 Å². The van der Waals surface area contributed by atoms with E-state index < -0.39 is 0 Å². The van der Waals surface area contributed by atoms with Gasteiger partial charge in [-0.2, -0.15) is 0 Å². The van der Waals surface area contributed by atoms with E-state index in [0.717, 1.165) is 19.3 Å². The number of carbonyl (C=O) groups is 1. The predicted molar refractivity (Wildman–Crippen MR) is 47.7 cm³/mol. The maximum absolute atomic E-state index is 10.8. The molecule has 0 aromatic carbocycles. The van der Waals surface area contributed by atoms with Gasteiger partial charge in [0.25, 0.3) is 0 Å². The van der Waals surface area contributed by atoms with E-state index >= 15 is 0 Å². The number of carbonyl (C=O) groups excluding carboxylic acids is 1. The highest BCUT2D eigenvalue weighted by Crippen LogP contribution is 2.08. The van der Waals surface area contributed by atoms with E-state index in [9.17, 15) is 4.79 Å². The summed E-state index contributed by atoms with van der Waals surface area (Å²) in [6.45, 7) is 2.12. The quantitative estimate of drug-likeness (QED) is 0.474. The number of hydrogen-bond acceptors (Lipinski definition) is 2. The van der Waals surface area contributed by atoms with Gasteiger partial charge in [-0.05, 0) is 12.5 Å². The zero-order valence-corrected chi connectivity index (χ0v) is 7.32. The van der Waals surface area contributed by atoms with Crippen molar-refractivity contribution in [3.05, 3.63) is 24.3 Å². The van der Waals surface area contributed by atoms with Gasteiger partial charge < -0.3 is 4.74 Å². The van der Waals surface area contributed by atoms with Crippen molar-refractivity contribution in [3.63, 3.8) is 0 Å². The summed E-state index contributed by atoms with van der Waals surface area (Å²) in [6, 6.07) is 0. The molecule has 0 fully saturated rings. The van der Waals surface area contributed by atoms with Gasteiger partial charge in [0.05, 0.1) is 0 Å². The molecular formula is C10H14O2. The van der Waals surface area contributed by atoms with Gasteiger partial charge in [-0.25, -0.2) is 4.79 Å². The molecule has 0 N–H and O–H groups in total. The minimum atomic E-state index is -0.229. The van der Waals surface area contributed by atoms with E-state index in [4.69, 9.17) is 4.74 Å². The largest absolute Gasteiger partial charge is 0.455 e. The van der Waals surface area contributed by atoms with Crippen LogP contribution in [0.4, 0.5) is 0 Å².